The predicted molar refractivity (Wildman–Crippen MR) is 54.8 cm³/mol. The second kappa shape index (κ2) is 4.32. The zero-order valence-electron chi connectivity index (χ0n) is 7.58. The summed E-state index contributed by atoms with van der Waals surface area (Å²) in [5.74, 6) is 0.525. The van der Waals surface area contributed by atoms with Gasteiger partial charge in [-0.3, -0.25) is 5.41 Å². The summed E-state index contributed by atoms with van der Waals surface area (Å²) in [6, 6.07) is 3.68. The van der Waals surface area contributed by atoms with E-state index in [0.717, 1.165) is 5.69 Å². The van der Waals surface area contributed by atoms with Crippen molar-refractivity contribution in [3.05, 3.63) is 22.4 Å². The highest BCUT2D eigenvalue weighted by Gasteiger charge is 2.02. The van der Waals surface area contributed by atoms with Gasteiger partial charge < -0.3 is 4.90 Å². The first kappa shape index (κ1) is 10.1. The van der Waals surface area contributed by atoms with Crippen LogP contribution in [0.1, 0.15) is 5.69 Å². The summed E-state index contributed by atoms with van der Waals surface area (Å²) in [5, 5.41) is 15.4. The summed E-state index contributed by atoms with van der Waals surface area (Å²) in [4.78, 5) is 1.75. The minimum Gasteiger partial charge on any atom is -0.366 e. The molecule has 0 atom stereocenters. The average molecular weight is 243 g/mol. The highest BCUT2D eigenvalue weighted by atomic mass is 79.9. The van der Waals surface area contributed by atoms with Crippen LogP contribution < -0.4 is 0 Å². The topological polar surface area (TPSA) is 52.9 Å². The SMILES string of the molecule is CN(C)C(=N)Cc1ccc(Br)nn1. The van der Waals surface area contributed by atoms with Crippen molar-refractivity contribution in [3.63, 3.8) is 0 Å². The van der Waals surface area contributed by atoms with E-state index in [9.17, 15) is 0 Å². The second-order valence-corrected chi connectivity index (χ2v) is 3.68. The third-order valence-electron chi connectivity index (χ3n) is 1.58. The molecule has 0 fully saturated rings. The molecule has 1 rings (SSSR count). The van der Waals surface area contributed by atoms with Crippen LogP contribution in [-0.2, 0) is 6.42 Å². The number of nitrogens with zero attached hydrogens (tertiary/aromatic N) is 3. The van der Waals surface area contributed by atoms with Crippen molar-refractivity contribution < 1.29 is 0 Å². The molecule has 70 valence electrons. The number of amidine groups is 1. The maximum absolute atomic E-state index is 7.58. The van der Waals surface area contributed by atoms with Gasteiger partial charge in [0.05, 0.1) is 5.69 Å². The van der Waals surface area contributed by atoms with Crippen molar-refractivity contribution in [2.75, 3.05) is 14.1 Å². The second-order valence-electron chi connectivity index (χ2n) is 2.87. The van der Waals surface area contributed by atoms with E-state index in [4.69, 9.17) is 5.41 Å². The van der Waals surface area contributed by atoms with Crippen LogP contribution in [0.5, 0.6) is 0 Å². The van der Waals surface area contributed by atoms with Crippen LogP contribution in [0.4, 0.5) is 0 Å². The molecule has 4 nitrogen and oxygen atoms in total. The van der Waals surface area contributed by atoms with Gasteiger partial charge in [0.1, 0.15) is 10.4 Å². The summed E-state index contributed by atoms with van der Waals surface area (Å²) in [6.45, 7) is 0. The number of halogens is 1. The fourth-order valence-electron chi connectivity index (χ4n) is 0.768. The molecule has 5 heteroatoms. The Bertz CT molecular complexity index is 294. The molecule has 0 saturated carbocycles. The van der Waals surface area contributed by atoms with Crippen LogP contribution in [0.15, 0.2) is 16.7 Å². The van der Waals surface area contributed by atoms with Crippen LogP contribution >= 0.6 is 15.9 Å². The molecule has 0 aliphatic heterocycles. The highest BCUT2D eigenvalue weighted by Crippen LogP contribution is 2.04. The van der Waals surface area contributed by atoms with E-state index in [1.807, 2.05) is 26.2 Å². The monoisotopic (exact) mass is 242 g/mol. The van der Waals surface area contributed by atoms with Gasteiger partial charge in [-0.15, -0.1) is 5.10 Å². The van der Waals surface area contributed by atoms with Crippen molar-refractivity contribution in [3.8, 4) is 0 Å². The van der Waals surface area contributed by atoms with Crippen LogP contribution in [0, 0.1) is 5.41 Å². The Kier molecular flexibility index (Phi) is 3.36. The van der Waals surface area contributed by atoms with Crippen molar-refractivity contribution in [2.45, 2.75) is 6.42 Å². The van der Waals surface area contributed by atoms with Crippen molar-refractivity contribution in [1.82, 2.24) is 15.1 Å². The number of aromatic nitrogens is 2. The number of likely N-dealkylation sites (N-methyl/N-ethyl adjacent to an activating group) is 1. The Labute approximate surface area is 85.6 Å². The van der Waals surface area contributed by atoms with E-state index in [2.05, 4.69) is 26.1 Å². The van der Waals surface area contributed by atoms with Gasteiger partial charge in [-0.2, -0.15) is 5.10 Å². The number of hydrogen-bond acceptors (Lipinski definition) is 3. The third-order valence-corrected chi connectivity index (χ3v) is 2.00. The van der Waals surface area contributed by atoms with Gasteiger partial charge in [0.25, 0.3) is 0 Å². The minimum absolute atomic E-state index is 0.521. The third kappa shape index (κ3) is 3.10. The molecule has 0 aliphatic rings. The Morgan fingerprint density at radius 3 is 2.62 bits per heavy atom. The van der Waals surface area contributed by atoms with Gasteiger partial charge in [0.15, 0.2) is 0 Å². The number of nitrogens with one attached hydrogen (secondary N) is 1. The first-order valence-electron chi connectivity index (χ1n) is 3.82. The van der Waals surface area contributed by atoms with Crippen molar-refractivity contribution >= 4 is 21.8 Å². The Hall–Kier alpha value is -0.970. The van der Waals surface area contributed by atoms with Gasteiger partial charge in [-0.1, -0.05) is 0 Å². The smallest absolute Gasteiger partial charge is 0.128 e. The maximum Gasteiger partial charge on any atom is 0.128 e. The lowest BCUT2D eigenvalue weighted by Crippen LogP contribution is -2.23. The lowest BCUT2D eigenvalue weighted by atomic mass is 10.2. The molecule has 1 aromatic rings. The van der Waals surface area contributed by atoms with Gasteiger partial charge in [0.2, 0.25) is 0 Å². The van der Waals surface area contributed by atoms with Crippen LogP contribution in [0.3, 0.4) is 0 Å². The largest absolute Gasteiger partial charge is 0.366 e. The highest BCUT2D eigenvalue weighted by molar-refractivity contribution is 9.10. The van der Waals surface area contributed by atoms with Crippen LogP contribution in [-0.4, -0.2) is 35.0 Å². The molecule has 0 unspecified atom stereocenters. The minimum atomic E-state index is 0.521. The quantitative estimate of drug-likeness (QED) is 0.629. The van der Waals surface area contributed by atoms with Gasteiger partial charge in [-0.25, -0.2) is 0 Å². The number of hydrogen-bond donors (Lipinski definition) is 1. The van der Waals surface area contributed by atoms with E-state index >= 15 is 0 Å². The fourth-order valence-corrected chi connectivity index (χ4v) is 0.979. The number of rotatable bonds is 2. The summed E-state index contributed by atoms with van der Waals surface area (Å²) in [7, 11) is 3.68. The maximum atomic E-state index is 7.58. The van der Waals surface area contributed by atoms with E-state index in [-0.39, 0.29) is 0 Å². The van der Waals surface area contributed by atoms with Crippen molar-refractivity contribution in [1.29, 1.82) is 5.41 Å². The Morgan fingerprint density at radius 1 is 1.46 bits per heavy atom. The molecular weight excluding hydrogens is 232 g/mol. The first-order chi connectivity index (χ1) is 6.09. The molecular formula is C8H11BrN4. The molecule has 1 heterocycles. The van der Waals surface area contributed by atoms with E-state index in [0.29, 0.717) is 16.9 Å². The summed E-state index contributed by atoms with van der Waals surface area (Å²) >= 11 is 3.20. The molecule has 0 radical (unpaired) electrons. The lowest BCUT2D eigenvalue weighted by Gasteiger charge is -2.12. The fraction of sp³-hybridized carbons (Fsp3) is 0.375. The molecule has 0 bridgehead atoms. The molecule has 13 heavy (non-hydrogen) atoms. The molecule has 1 N–H and O–H groups in total. The standard InChI is InChI=1S/C8H11BrN4/c1-13(2)8(10)5-6-3-4-7(9)12-11-6/h3-4,10H,5H2,1-2H3. The van der Waals surface area contributed by atoms with Gasteiger partial charge >= 0.3 is 0 Å². The van der Waals surface area contributed by atoms with E-state index in [1.165, 1.54) is 0 Å². The zero-order chi connectivity index (χ0) is 9.84. The van der Waals surface area contributed by atoms with Gasteiger partial charge in [-0.05, 0) is 28.1 Å². The Morgan fingerprint density at radius 2 is 2.15 bits per heavy atom. The predicted octanol–water partition coefficient (Wildman–Crippen LogP) is 1.32. The zero-order valence-corrected chi connectivity index (χ0v) is 9.17. The van der Waals surface area contributed by atoms with Gasteiger partial charge in [0, 0.05) is 20.5 Å². The summed E-state index contributed by atoms with van der Waals surface area (Å²) < 4.78 is 0.715. The summed E-state index contributed by atoms with van der Waals surface area (Å²) in [5.41, 5.74) is 0.807. The van der Waals surface area contributed by atoms with E-state index < -0.39 is 0 Å². The lowest BCUT2D eigenvalue weighted by molar-refractivity contribution is 0.602. The molecule has 1 aromatic heterocycles. The molecule has 0 amide bonds. The normalized spacial score (nSPS) is 9.77. The molecule has 0 aliphatic carbocycles. The van der Waals surface area contributed by atoms with Crippen LogP contribution in [0.2, 0.25) is 0 Å². The molecule has 0 aromatic carbocycles. The molecule has 0 saturated heterocycles. The van der Waals surface area contributed by atoms with Crippen molar-refractivity contribution in [2.24, 2.45) is 0 Å². The van der Waals surface area contributed by atoms with E-state index in [1.54, 1.807) is 4.90 Å². The van der Waals surface area contributed by atoms with Crippen LogP contribution in [0.25, 0.3) is 0 Å². The first-order valence-corrected chi connectivity index (χ1v) is 4.62. The summed E-state index contributed by atoms with van der Waals surface area (Å²) in [6.07, 6.45) is 0.521. The average Bonchev–Trinajstić information content (AvgIpc) is 2.08. The Balaban J connectivity index is 2.65. The molecule has 0 spiro atoms.